The molecule has 1 aromatic rings. The molecule has 0 aromatic heterocycles. The molecule has 3 nitrogen and oxygen atoms in total. The Morgan fingerprint density at radius 2 is 2.12 bits per heavy atom. The van der Waals surface area contributed by atoms with E-state index in [1.807, 2.05) is 24.3 Å². The van der Waals surface area contributed by atoms with Crippen LogP contribution in [0.5, 0.6) is 0 Å². The molecule has 17 heavy (non-hydrogen) atoms. The average Bonchev–Trinajstić information content (AvgIpc) is 2.32. The van der Waals surface area contributed by atoms with Crippen LogP contribution in [0, 0.1) is 0 Å². The minimum absolute atomic E-state index is 0.0572. The lowest BCUT2D eigenvalue weighted by Crippen LogP contribution is -2.35. The first-order valence-electron chi connectivity index (χ1n) is 5.43. The van der Waals surface area contributed by atoms with Crippen molar-refractivity contribution in [3.05, 3.63) is 47.5 Å². The van der Waals surface area contributed by atoms with Crippen molar-refractivity contribution in [3.8, 4) is 0 Å². The zero-order chi connectivity index (χ0) is 12.7. The predicted molar refractivity (Wildman–Crippen MR) is 71.0 cm³/mol. The van der Waals surface area contributed by atoms with Gasteiger partial charge in [-0.15, -0.1) is 6.58 Å². The lowest BCUT2D eigenvalue weighted by molar-refractivity contribution is -0.129. The van der Waals surface area contributed by atoms with Crippen molar-refractivity contribution < 1.29 is 4.79 Å². The van der Waals surface area contributed by atoms with Crippen molar-refractivity contribution in [2.75, 3.05) is 20.1 Å². The van der Waals surface area contributed by atoms with Crippen molar-refractivity contribution >= 4 is 17.5 Å². The van der Waals surface area contributed by atoms with E-state index in [1.54, 1.807) is 18.0 Å². The Bertz CT molecular complexity index is 376. The second-order valence-corrected chi connectivity index (χ2v) is 4.23. The Morgan fingerprint density at radius 1 is 1.47 bits per heavy atom. The number of nitrogens with zero attached hydrogens (tertiary/aromatic N) is 1. The van der Waals surface area contributed by atoms with E-state index in [4.69, 9.17) is 11.6 Å². The summed E-state index contributed by atoms with van der Waals surface area (Å²) in [6, 6.07) is 7.49. The van der Waals surface area contributed by atoms with Crippen LogP contribution in [-0.4, -0.2) is 30.9 Å². The summed E-state index contributed by atoms with van der Waals surface area (Å²) in [5.74, 6) is 0.0572. The van der Waals surface area contributed by atoms with Gasteiger partial charge in [0, 0.05) is 25.2 Å². The lowest BCUT2D eigenvalue weighted by atomic mass is 10.2. The quantitative estimate of drug-likeness (QED) is 0.621. The molecule has 1 amide bonds. The van der Waals surface area contributed by atoms with Crippen LogP contribution in [0.25, 0.3) is 0 Å². The van der Waals surface area contributed by atoms with Gasteiger partial charge >= 0.3 is 0 Å². The Balaban J connectivity index is 2.42. The predicted octanol–water partition coefficient (Wildman–Crippen LogP) is 2.07. The summed E-state index contributed by atoms with van der Waals surface area (Å²) in [4.78, 5) is 13.4. The second-order valence-electron chi connectivity index (χ2n) is 3.80. The van der Waals surface area contributed by atoms with Gasteiger partial charge in [-0.1, -0.05) is 29.8 Å². The van der Waals surface area contributed by atoms with Crippen molar-refractivity contribution in [3.63, 3.8) is 0 Å². The van der Waals surface area contributed by atoms with E-state index >= 15 is 0 Å². The number of hydrogen-bond donors (Lipinski definition) is 1. The SMILES string of the molecule is C=CCNCC(=O)N(C)Cc1ccc(Cl)cc1. The molecule has 0 saturated heterocycles. The van der Waals surface area contributed by atoms with Crippen LogP contribution in [0.4, 0.5) is 0 Å². The average molecular weight is 253 g/mol. The topological polar surface area (TPSA) is 32.3 Å². The molecule has 0 saturated carbocycles. The van der Waals surface area contributed by atoms with E-state index in [2.05, 4.69) is 11.9 Å². The van der Waals surface area contributed by atoms with Crippen molar-refractivity contribution in [2.45, 2.75) is 6.54 Å². The first-order chi connectivity index (χ1) is 8.13. The highest BCUT2D eigenvalue weighted by atomic mass is 35.5. The number of carbonyl (C=O) groups excluding carboxylic acids is 1. The van der Waals surface area contributed by atoms with Crippen LogP contribution < -0.4 is 5.32 Å². The maximum atomic E-state index is 11.7. The van der Waals surface area contributed by atoms with Gasteiger partial charge in [-0.05, 0) is 17.7 Å². The lowest BCUT2D eigenvalue weighted by Gasteiger charge is -2.17. The summed E-state index contributed by atoms with van der Waals surface area (Å²) < 4.78 is 0. The molecular weight excluding hydrogens is 236 g/mol. The van der Waals surface area contributed by atoms with E-state index in [-0.39, 0.29) is 5.91 Å². The normalized spacial score (nSPS) is 10.0. The smallest absolute Gasteiger partial charge is 0.236 e. The molecule has 0 aliphatic heterocycles. The van der Waals surface area contributed by atoms with E-state index in [9.17, 15) is 4.79 Å². The zero-order valence-electron chi connectivity index (χ0n) is 9.95. The van der Waals surface area contributed by atoms with Crippen molar-refractivity contribution in [1.82, 2.24) is 10.2 Å². The Hall–Kier alpha value is -1.32. The third-order valence-electron chi connectivity index (χ3n) is 2.32. The maximum absolute atomic E-state index is 11.7. The number of rotatable bonds is 6. The fourth-order valence-corrected chi connectivity index (χ4v) is 1.49. The molecule has 0 bridgehead atoms. The third kappa shape index (κ3) is 5.02. The van der Waals surface area contributed by atoms with Gasteiger partial charge in [0.2, 0.25) is 5.91 Å². The van der Waals surface area contributed by atoms with Crippen LogP contribution in [-0.2, 0) is 11.3 Å². The first kappa shape index (κ1) is 13.7. The molecule has 1 N–H and O–H groups in total. The minimum atomic E-state index is 0.0572. The molecule has 0 atom stereocenters. The molecule has 92 valence electrons. The summed E-state index contributed by atoms with van der Waals surface area (Å²) >= 11 is 5.80. The van der Waals surface area contributed by atoms with Crippen LogP contribution in [0.15, 0.2) is 36.9 Å². The van der Waals surface area contributed by atoms with Crippen LogP contribution in [0.3, 0.4) is 0 Å². The number of halogens is 1. The molecule has 0 heterocycles. The number of benzene rings is 1. The summed E-state index contributed by atoms with van der Waals surface area (Å²) in [7, 11) is 1.78. The van der Waals surface area contributed by atoms with Crippen LogP contribution in [0.2, 0.25) is 5.02 Å². The molecule has 1 rings (SSSR count). The summed E-state index contributed by atoms with van der Waals surface area (Å²) in [5.41, 5.74) is 1.06. The fourth-order valence-electron chi connectivity index (χ4n) is 1.37. The van der Waals surface area contributed by atoms with Gasteiger partial charge < -0.3 is 10.2 Å². The van der Waals surface area contributed by atoms with Gasteiger partial charge in [0.1, 0.15) is 0 Å². The molecule has 1 aromatic carbocycles. The highest BCUT2D eigenvalue weighted by molar-refractivity contribution is 6.30. The van der Waals surface area contributed by atoms with Crippen LogP contribution in [0.1, 0.15) is 5.56 Å². The Kier molecular flexibility index (Phi) is 5.73. The third-order valence-corrected chi connectivity index (χ3v) is 2.58. The summed E-state index contributed by atoms with van der Waals surface area (Å²) in [6.45, 7) is 5.14. The highest BCUT2D eigenvalue weighted by Crippen LogP contribution is 2.10. The molecule has 0 radical (unpaired) electrons. The number of amides is 1. The number of nitrogens with one attached hydrogen (secondary N) is 1. The molecule has 0 aliphatic rings. The van der Waals surface area contributed by atoms with Crippen LogP contribution >= 0.6 is 11.6 Å². The Morgan fingerprint density at radius 3 is 2.71 bits per heavy atom. The van der Waals surface area contributed by atoms with Crippen molar-refractivity contribution in [1.29, 1.82) is 0 Å². The van der Waals surface area contributed by atoms with Gasteiger partial charge in [0.05, 0.1) is 6.54 Å². The van der Waals surface area contributed by atoms with E-state index in [0.717, 1.165) is 5.56 Å². The van der Waals surface area contributed by atoms with Gasteiger partial charge in [0.25, 0.3) is 0 Å². The minimum Gasteiger partial charge on any atom is -0.340 e. The molecule has 0 unspecified atom stereocenters. The van der Waals surface area contributed by atoms with Gasteiger partial charge in [0.15, 0.2) is 0 Å². The number of likely N-dealkylation sites (N-methyl/N-ethyl adjacent to an activating group) is 1. The fraction of sp³-hybridized carbons (Fsp3) is 0.308. The first-order valence-corrected chi connectivity index (χ1v) is 5.81. The monoisotopic (exact) mass is 252 g/mol. The summed E-state index contributed by atoms with van der Waals surface area (Å²) in [5, 5.41) is 3.68. The standard InChI is InChI=1S/C13H17ClN2O/c1-3-8-15-9-13(17)16(2)10-11-4-6-12(14)7-5-11/h3-7,15H,1,8-10H2,2H3. The highest BCUT2D eigenvalue weighted by Gasteiger charge is 2.07. The zero-order valence-corrected chi connectivity index (χ0v) is 10.7. The summed E-state index contributed by atoms with van der Waals surface area (Å²) in [6.07, 6.45) is 1.73. The van der Waals surface area contributed by atoms with E-state index in [1.165, 1.54) is 0 Å². The second kappa shape index (κ2) is 7.09. The molecule has 0 spiro atoms. The van der Waals surface area contributed by atoms with Gasteiger partial charge in [-0.25, -0.2) is 0 Å². The number of hydrogen-bond acceptors (Lipinski definition) is 2. The maximum Gasteiger partial charge on any atom is 0.236 e. The molecule has 0 fully saturated rings. The van der Waals surface area contributed by atoms with Crippen molar-refractivity contribution in [2.24, 2.45) is 0 Å². The molecule has 0 aliphatic carbocycles. The molecule has 4 heteroatoms. The number of carbonyl (C=O) groups is 1. The Labute approximate surface area is 107 Å². The van der Waals surface area contributed by atoms with Gasteiger partial charge in [-0.2, -0.15) is 0 Å². The van der Waals surface area contributed by atoms with E-state index in [0.29, 0.717) is 24.7 Å². The van der Waals surface area contributed by atoms with Gasteiger partial charge in [-0.3, -0.25) is 4.79 Å². The largest absolute Gasteiger partial charge is 0.340 e. The molecular formula is C13H17ClN2O. The van der Waals surface area contributed by atoms with E-state index < -0.39 is 0 Å².